The molecule has 0 saturated heterocycles. The highest BCUT2D eigenvalue weighted by molar-refractivity contribution is 7.07. The van der Waals surface area contributed by atoms with Crippen LogP contribution in [-0.2, 0) is 14.3 Å². The normalized spacial score (nSPS) is 14.6. The molecule has 0 saturated carbocycles. The number of thiazole rings is 1. The summed E-state index contributed by atoms with van der Waals surface area (Å²) < 4.78 is 18.6. The van der Waals surface area contributed by atoms with Crippen molar-refractivity contribution in [3.63, 3.8) is 0 Å². The van der Waals surface area contributed by atoms with Crippen molar-refractivity contribution in [2.75, 3.05) is 13.7 Å². The van der Waals surface area contributed by atoms with E-state index in [1.54, 1.807) is 35.8 Å². The summed E-state index contributed by atoms with van der Waals surface area (Å²) in [5.41, 5.74) is 5.27. The van der Waals surface area contributed by atoms with Crippen molar-refractivity contribution in [1.29, 1.82) is 0 Å². The SMILES string of the molecule is CCOC(=O)C1=C(c2ccccc2)N=c2s/c(=C/c3ccc(-c4ccc(C(=O)OC)cc4C)o3)c(=O)n2[C@H]1c1ccc(C(C)C)cc1. The monoisotopic (exact) mass is 646 g/mol. The number of methoxy groups -OCH3 is 1. The highest BCUT2D eigenvalue weighted by atomic mass is 32.1. The van der Waals surface area contributed by atoms with E-state index in [2.05, 4.69) is 13.8 Å². The molecule has 0 N–H and O–H groups in total. The van der Waals surface area contributed by atoms with E-state index in [0.29, 0.717) is 43.6 Å². The van der Waals surface area contributed by atoms with Crippen molar-refractivity contribution >= 4 is 35.0 Å². The lowest BCUT2D eigenvalue weighted by atomic mass is 9.91. The minimum atomic E-state index is -0.757. The third-order valence-corrected chi connectivity index (χ3v) is 9.09. The second-order valence-electron chi connectivity index (χ2n) is 11.5. The number of fused-ring (bicyclic) bond motifs is 1. The Balaban J connectivity index is 1.51. The summed E-state index contributed by atoms with van der Waals surface area (Å²) in [7, 11) is 1.35. The van der Waals surface area contributed by atoms with Gasteiger partial charge in [-0.2, -0.15) is 0 Å². The summed E-state index contributed by atoms with van der Waals surface area (Å²) in [6, 6.07) is 25.6. The molecule has 6 rings (SSSR count). The van der Waals surface area contributed by atoms with Crippen molar-refractivity contribution in [3.05, 3.63) is 144 Å². The molecule has 3 aromatic carbocycles. The van der Waals surface area contributed by atoms with Gasteiger partial charge in [-0.05, 0) is 60.7 Å². The van der Waals surface area contributed by atoms with E-state index in [0.717, 1.165) is 27.8 Å². The Bertz CT molecular complexity index is 2190. The molecule has 5 aromatic rings. The summed E-state index contributed by atoms with van der Waals surface area (Å²) in [5.74, 6) is 0.459. The molecule has 1 atom stereocenters. The molecule has 1 aliphatic heterocycles. The van der Waals surface area contributed by atoms with Crippen LogP contribution >= 0.6 is 11.3 Å². The van der Waals surface area contributed by atoms with Crippen LogP contribution in [0.15, 0.2) is 105 Å². The standard InChI is InChI=1S/C38H34N2O6S/c1-6-45-37(43)32-33(25-10-8-7-9-11-25)39-38-40(34(32)26-14-12-24(13-15-26)22(2)3)35(41)31(47-38)21-28-17-19-30(46-28)29-18-16-27(20-23(29)4)36(42)44-5/h7-22,34H,6H2,1-5H3/b31-21+/t34-/m0/s1. The summed E-state index contributed by atoms with van der Waals surface area (Å²) >= 11 is 1.24. The lowest BCUT2D eigenvalue weighted by Gasteiger charge is -2.26. The molecule has 47 heavy (non-hydrogen) atoms. The first kappa shape index (κ1) is 31.7. The zero-order valence-corrected chi connectivity index (χ0v) is 27.6. The molecular weight excluding hydrogens is 612 g/mol. The first-order chi connectivity index (χ1) is 22.7. The highest BCUT2D eigenvalue weighted by Crippen LogP contribution is 2.36. The topological polar surface area (TPSA) is 100 Å². The van der Waals surface area contributed by atoms with Gasteiger partial charge in [0, 0.05) is 17.2 Å². The third kappa shape index (κ3) is 6.14. The maximum atomic E-state index is 14.2. The van der Waals surface area contributed by atoms with Gasteiger partial charge in [-0.15, -0.1) is 0 Å². The van der Waals surface area contributed by atoms with Crippen LogP contribution < -0.4 is 14.9 Å². The van der Waals surface area contributed by atoms with Gasteiger partial charge in [0.25, 0.3) is 5.56 Å². The number of nitrogens with zero attached hydrogens (tertiary/aromatic N) is 2. The number of hydrogen-bond donors (Lipinski definition) is 0. The van der Waals surface area contributed by atoms with Gasteiger partial charge in [-0.1, -0.05) is 85.8 Å². The number of benzene rings is 3. The smallest absolute Gasteiger partial charge is 0.338 e. The van der Waals surface area contributed by atoms with Crippen LogP contribution in [0, 0.1) is 6.92 Å². The number of rotatable bonds is 8. The maximum Gasteiger partial charge on any atom is 0.338 e. The molecule has 9 heteroatoms. The Hall–Kier alpha value is -5.28. The Morgan fingerprint density at radius 3 is 2.40 bits per heavy atom. The van der Waals surface area contributed by atoms with Gasteiger partial charge in [0.1, 0.15) is 11.5 Å². The van der Waals surface area contributed by atoms with E-state index in [-0.39, 0.29) is 12.2 Å². The molecule has 0 fully saturated rings. The van der Waals surface area contributed by atoms with Crippen LogP contribution in [0.3, 0.4) is 0 Å². The fourth-order valence-corrected chi connectivity index (χ4v) is 6.69. The van der Waals surface area contributed by atoms with E-state index in [4.69, 9.17) is 18.9 Å². The molecule has 0 amide bonds. The molecule has 3 heterocycles. The summed E-state index contributed by atoms with van der Waals surface area (Å²) in [6.07, 6.45) is 1.70. The molecule has 238 valence electrons. The predicted molar refractivity (Wildman–Crippen MR) is 182 cm³/mol. The van der Waals surface area contributed by atoms with Crippen LogP contribution in [-0.4, -0.2) is 30.2 Å². The molecule has 0 aliphatic carbocycles. The lowest BCUT2D eigenvalue weighted by Crippen LogP contribution is -2.40. The number of esters is 2. The fraction of sp³-hybridized carbons (Fsp3) is 0.211. The molecule has 0 spiro atoms. The number of aryl methyl sites for hydroxylation is 1. The predicted octanol–water partition coefficient (Wildman–Crippen LogP) is 6.41. The van der Waals surface area contributed by atoms with Crippen molar-refractivity contribution in [3.8, 4) is 11.3 Å². The average Bonchev–Trinajstić information content (AvgIpc) is 3.67. The van der Waals surface area contributed by atoms with Crippen LogP contribution in [0.2, 0.25) is 0 Å². The first-order valence-electron chi connectivity index (χ1n) is 15.4. The summed E-state index contributed by atoms with van der Waals surface area (Å²) in [6.45, 7) is 8.07. The number of ether oxygens (including phenoxy) is 2. The average molecular weight is 647 g/mol. The van der Waals surface area contributed by atoms with Gasteiger partial charge in [0.05, 0.1) is 41.1 Å². The third-order valence-electron chi connectivity index (χ3n) is 8.11. The van der Waals surface area contributed by atoms with Gasteiger partial charge < -0.3 is 13.9 Å². The molecule has 0 unspecified atom stereocenters. The zero-order valence-electron chi connectivity index (χ0n) is 26.8. The molecule has 8 nitrogen and oxygen atoms in total. The quantitative estimate of drug-likeness (QED) is 0.181. The first-order valence-corrected chi connectivity index (χ1v) is 16.2. The Morgan fingerprint density at radius 1 is 1.00 bits per heavy atom. The van der Waals surface area contributed by atoms with Gasteiger partial charge in [0.15, 0.2) is 4.80 Å². The number of carbonyl (C=O) groups is 2. The van der Waals surface area contributed by atoms with Crippen LogP contribution in [0.1, 0.15) is 71.1 Å². The van der Waals surface area contributed by atoms with Crippen molar-refractivity contribution < 1.29 is 23.5 Å². The molecule has 2 aromatic heterocycles. The fourth-order valence-electron chi connectivity index (χ4n) is 5.71. The molecular formula is C38H34N2O6S. The van der Waals surface area contributed by atoms with Crippen LogP contribution in [0.25, 0.3) is 23.1 Å². The van der Waals surface area contributed by atoms with Crippen molar-refractivity contribution in [2.45, 2.75) is 39.7 Å². The van der Waals surface area contributed by atoms with E-state index < -0.39 is 18.0 Å². The lowest BCUT2D eigenvalue weighted by molar-refractivity contribution is -0.138. The van der Waals surface area contributed by atoms with Gasteiger partial charge in [-0.25, -0.2) is 14.6 Å². The second-order valence-corrected chi connectivity index (χ2v) is 12.5. The van der Waals surface area contributed by atoms with E-state index in [1.165, 1.54) is 18.4 Å². The Labute approximate surface area is 275 Å². The second kappa shape index (κ2) is 13.2. The van der Waals surface area contributed by atoms with Crippen molar-refractivity contribution in [1.82, 2.24) is 4.57 Å². The largest absolute Gasteiger partial charge is 0.465 e. The minimum absolute atomic E-state index is 0.180. The van der Waals surface area contributed by atoms with Crippen molar-refractivity contribution in [2.24, 2.45) is 4.99 Å². The number of furan rings is 1. The van der Waals surface area contributed by atoms with Crippen LogP contribution in [0.4, 0.5) is 0 Å². The van der Waals surface area contributed by atoms with Gasteiger partial charge in [0.2, 0.25) is 0 Å². The maximum absolute atomic E-state index is 14.2. The van der Waals surface area contributed by atoms with E-state index >= 15 is 0 Å². The molecule has 1 aliphatic rings. The van der Waals surface area contributed by atoms with E-state index in [9.17, 15) is 14.4 Å². The summed E-state index contributed by atoms with van der Waals surface area (Å²) in [4.78, 5) is 45.3. The van der Waals surface area contributed by atoms with E-state index in [1.807, 2.05) is 73.7 Å². The Kier molecular flexibility index (Phi) is 8.91. The zero-order chi connectivity index (χ0) is 33.2. The highest BCUT2D eigenvalue weighted by Gasteiger charge is 2.35. The Morgan fingerprint density at radius 2 is 1.74 bits per heavy atom. The number of carbonyl (C=O) groups excluding carboxylic acids is 2. The van der Waals surface area contributed by atoms with Gasteiger partial charge in [-0.3, -0.25) is 9.36 Å². The van der Waals surface area contributed by atoms with Gasteiger partial charge >= 0.3 is 11.9 Å². The number of aromatic nitrogens is 1. The summed E-state index contributed by atoms with van der Waals surface area (Å²) in [5, 5.41) is 0. The van der Waals surface area contributed by atoms with Crippen LogP contribution in [0.5, 0.6) is 0 Å². The minimum Gasteiger partial charge on any atom is -0.465 e. The number of hydrogen-bond acceptors (Lipinski definition) is 8. The molecule has 0 radical (unpaired) electrons. The molecule has 0 bridgehead atoms.